The molecule has 0 unspecified atom stereocenters. The average molecular weight is 416 g/mol. The molecule has 32 heavy (non-hydrogen) atoms. The lowest BCUT2D eigenvalue weighted by molar-refractivity contribution is 0.572. The molecule has 0 N–H and O–H groups in total. The number of fused-ring (bicyclic) bond motifs is 1. The number of nitrogens with zero attached hydrogens (tertiary/aromatic N) is 4. The Balaban J connectivity index is 1.36. The van der Waals surface area contributed by atoms with Crippen LogP contribution in [0.3, 0.4) is 0 Å². The molecule has 0 aliphatic heterocycles. The van der Waals surface area contributed by atoms with Crippen LogP contribution in [0, 0.1) is 0 Å². The molecule has 0 aliphatic carbocycles. The first-order chi connectivity index (χ1) is 15.8. The smallest absolute Gasteiger partial charge is 0.245 e. The minimum atomic E-state index is 0.511. The minimum Gasteiger partial charge on any atom is -0.443 e. The van der Waals surface area contributed by atoms with E-state index in [0.717, 1.165) is 33.3 Å². The molecule has 4 heterocycles. The molecule has 0 atom stereocenters. The predicted molar refractivity (Wildman–Crippen MR) is 121 cm³/mol. The summed E-state index contributed by atoms with van der Waals surface area (Å²) in [7, 11) is 0. The highest BCUT2D eigenvalue weighted by Crippen LogP contribution is 2.29. The number of oxazole rings is 2. The summed E-state index contributed by atoms with van der Waals surface area (Å²) in [5.74, 6) is 1.02. The van der Waals surface area contributed by atoms with E-state index in [2.05, 4.69) is 46.4 Å². The SMILES string of the molecule is c1cc(-c2ccc3cc(-c4cccc(-c5ncco5)n4)ccc3c2)nc(-c2ncco2)c1. The van der Waals surface area contributed by atoms with Crippen LogP contribution in [-0.4, -0.2) is 19.9 Å². The Kier molecular flexibility index (Phi) is 4.32. The molecule has 152 valence electrons. The molecule has 2 aromatic carbocycles. The fourth-order valence-corrected chi connectivity index (χ4v) is 3.69. The number of benzene rings is 2. The van der Waals surface area contributed by atoms with Crippen molar-refractivity contribution in [2.24, 2.45) is 0 Å². The maximum absolute atomic E-state index is 5.38. The third-order valence-electron chi connectivity index (χ3n) is 5.23. The van der Waals surface area contributed by atoms with E-state index in [0.29, 0.717) is 23.2 Å². The first-order valence-corrected chi connectivity index (χ1v) is 10.1. The molecule has 0 aliphatic rings. The lowest BCUT2D eigenvalue weighted by atomic mass is 10.0. The minimum absolute atomic E-state index is 0.511. The largest absolute Gasteiger partial charge is 0.443 e. The van der Waals surface area contributed by atoms with Crippen molar-refractivity contribution >= 4 is 10.8 Å². The summed E-state index contributed by atoms with van der Waals surface area (Å²) >= 11 is 0. The molecule has 0 radical (unpaired) electrons. The van der Waals surface area contributed by atoms with Gasteiger partial charge in [-0.25, -0.2) is 19.9 Å². The Hall–Kier alpha value is -4.58. The Morgan fingerprint density at radius 2 is 0.969 bits per heavy atom. The van der Waals surface area contributed by atoms with Crippen molar-refractivity contribution in [3.05, 3.63) is 97.7 Å². The molecule has 6 heteroatoms. The molecule has 6 aromatic rings. The monoisotopic (exact) mass is 416 g/mol. The molecule has 0 spiro atoms. The van der Waals surface area contributed by atoms with Gasteiger partial charge in [0.2, 0.25) is 11.8 Å². The highest BCUT2D eigenvalue weighted by Gasteiger charge is 2.09. The van der Waals surface area contributed by atoms with Crippen LogP contribution in [0.2, 0.25) is 0 Å². The molecular weight excluding hydrogens is 400 g/mol. The van der Waals surface area contributed by atoms with Crippen molar-refractivity contribution in [3.63, 3.8) is 0 Å². The van der Waals surface area contributed by atoms with Gasteiger partial charge in [0.05, 0.1) is 23.8 Å². The van der Waals surface area contributed by atoms with Crippen molar-refractivity contribution in [1.29, 1.82) is 0 Å². The van der Waals surface area contributed by atoms with Gasteiger partial charge in [-0.3, -0.25) is 0 Å². The summed E-state index contributed by atoms with van der Waals surface area (Å²) in [6.45, 7) is 0. The molecule has 4 aromatic heterocycles. The van der Waals surface area contributed by atoms with E-state index in [9.17, 15) is 0 Å². The summed E-state index contributed by atoms with van der Waals surface area (Å²) in [5, 5.41) is 2.25. The fourth-order valence-electron chi connectivity index (χ4n) is 3.69. The van der Waals surface area contributed by atoms with Crippen LogP contribution in [0.5, 0.6) is 0 Å². The second-order valence-corrected chi connectivity index (χ2v) is 7.27. The summed E-state index contributed by atoms with van der Waals surface area (Å²) in [6.07, 6.45) is 6.33. The summed E-state index contributed by atoms with van der Waals surface area (Å²) in [6, 6.07) is 24.3. The van der Waals surface area contributed by atoms with Crippen LogP contribution in [0.4, 0.5) is 0 Å². The molecule has 0 amide bonds. The third-order valence-corrected chi connectivity index (χ3v) is 5.23. The van der Waals surface area contributed by atoms with Crippen molar-refractivity contribution in [3.8, 4) is 45.7 Å². The van der Waals surface area contributed by atoms with Crippen LogP contribution in [0.15, 0.2) is 107 Å². The van der Waals surface area contributed by atoms with Gasteiger partial charge in [0.25, 0.3) is 0 Å². The van der Waals surface area contributed by atoms with Gasteiger partial charge in [-0.15, -0.1) is 0 Å². The van der Waals surface area contributed by atoms with Crippen molar-refractivity contribution in [2.75, 3.05) is 0 Å². The molecular formula is C26H16N4O2. The first kappa shape index (κ1) is 18.2. The van der Waals surface area contributed by atoms with Gasteiger partial charge in [0.1, 0.15) is 23.9 Å². The van der Waals surface area contributed by atoms with Gasteiger partial charge < -0.3 is 8.83 Å². The number of pyridine rings is 2. The van der Waals surface area contributed by atoms with E-state index in [-0.39, 0.29) is 0 Å². The number of rotatable bonds is 4. The second-order valence-electron chi connectivity index (χ2n) is 7.27. The standard InChI is InChI=1S/C26H16N4O2/c1-3-21(29-23(5-1)25-27-11-13-31-25)19-9-7-18-16-20(10-8-17(18)15-19)22-4-2-6-24(30-22)26-28-12-14-32-26/h1-16H. The zero-order valence-corrected chi connectivity index (χ0v) is 16.8. The normalized spacial score (nSPS) is 11.1. The average Bonchev–Trinajstić information content (AvgIpc) is 3.59. The Morgan fingerprint density at radius 3 is 1.41 bits per heavy atom. The van der Waals surface area contributed by atoms with Gasteiger partial charge in [-0.05, 0) is 47.2 Å². The number of hydrogen-bond donors (Lipinski definition) is 0. The molecule has 6 rings (SSSR count). The van der Waals surface area contributed by atoms with E-state index < -0.39 is 0 Å². The third kappa shape index (κ3) is 3.33. The highest BCUT2D eigenvalue weighted by molar-refractivity contribution is 5.90. The maximum Gasteiger partial charge on any atom is 0.245 e. The van der Waals surface area contributed by atoms with Crippen LogP contribution >= 0.6 is 0 Å². The summed E-state index contributed by atoms with van der Waals surface area (Å²) < 4.78 is 10.8. The predicted octanol–water partition coefficient (Wildman–Crippen LogP) is 6.27. The van der Waals surface area contributed by atoms with E-state index >= 15 is 0 Å². The van der Waals surface area contributed by atoms with Crippen LogP contribution in [0.25, 0.3) is 56.5 Å². The highest BCUT2D eigenvalue weighted by atomic mass is 16.3. The fraction of sp³-hybridized carbons (Fsp3) is 0. The van der Waals surface area contributed by atoms with Crippen molar-refractivity contribution in [2.45, 2.75) is 0 Å². The lowest BCUT2D eigenvalue weighted by Gasteiger charge is -2.07. The molecule has 6 nitrogen and oxygen atoms in total. The van der Waals surface area contributed by atoms with Gasteiger partial charge in [0, 0.05) is 11.1 Å². The Bertz CT molecular complexity index is 1410. The van der Waals surface area contributed by atoms with Crippen LogP contribution in [-0.2, 0) is 0 Å². The zero-order valence-electron chi connectivity index (χ0n) is 16.8. The van der Waals surface area contributed by atoms with Gasteiger partial charge in [-0.1, -0.05) is 36.4 Å². The topological polar surface area (TPSA) is 77.8 Å². The molecule has 0 bridgehead atoms. The quantitative estimate of drug-likeness (QED) is 0.337. The number of hydrogen-bond acceptors (Lipinski definition) is 6. The molecule has 0 fully saturated rings. The Morgan fingerprint density at radius 1 is 0.500 bits per heavy atom. The second kappa shape index (κ2) is 7.59. The van der Waals surface area contributed by atoms with Crippen molar-refractivity contribution in [1.82, 2.24) is 19.9 Å². The van der Waals surface area contributed by atoms with E-state index in [1.807, 2.05) is 36.4 Å². The Labute approximate surface area is 183 Å². The number of aromatic nitrogens is 4. The van der Waals surface area contributed by atoms with E-state index in [4.69, 9.17) is 18.8 Å². The van der Waals surface area contributed by atoms with Gasteiger partial charge in [-0.2, -0.15) is 0 Å². The summed E-state index contributed by atoms with van der Waals surface area (Å²) in [5.41, 5.74) is 5.21. The zero-order chi connectivity index (χ0) is 21.3. The van der Waals surface area contributed by atoms with E-state index in [1.54, 1.807) is 24.9 Å². The maximum atomic E-state index is 5.38. The first-order valence-electron chi connectivity index (χ1n) is 10.1. The van der Waals surface area contributed by atoms with E-state index in [1.165, 1.54) is 0 Å². The molecule has 0 saturated heterocycles. The summed E-state index contributed by atoms with van der Waals surface area (Å²) in [4.78, 5) is 17.8. The van der Waals surface area contributed by atoms with Gasteiger partial charge >= 0.3 is 0 Å². The van der Waals surface area contributed by atoms with Crippen LogP contribution in [0.1, 0.15) is 0 Å². The molecule has 0 saturated carbocycles. The van der Waals surface area contributed by atoms with Crippen LogP contribution < -0.4 is 0 Å². The van der Waals surface area contributed by atoms with Crippen molar-refractivity contribution < 1.29 is 8.83 Å². The van der Waals surface area contributed by atoms with Gasteiger partial charge in [0.15, 0.2) is 0 Å². The lowest BCUT2D eigenvalue weighted by Crippen LogP contribution is -1.89.